The number of rotatable bonds is 4. The minimum absolute atomic E-state index is 0.0135. The first-order valence-electron chi connectivity index (χ1n) is 8.62. The molecule has 3 amide bonds. The smallest absolute Gasteiger partial charge is 0.243 e. The molecule has 0 radical (unpaired) electrons. The SMILES string of the molecule is Cc1ccc(N2C[C@H](C(=O)NNC(=O)Cc3ccc(F)cc3)CC2=O)cc1. The van der Waals surface area contributed by atoms with Gasteiger partial charge >= 0.3 is 0 Å². The molecule has 0 spiro atoms. The van der Waals surface area contributed by atoms with Gasteiger partial charge in [0.2, 0.25) is 17.7 Å². The second kappa shape index (κ2) is 7.99. The predicted octanol–water partition coefficient (Wildman–Crippen LogP) is 1.88. The minimum atomic E-state index is -0.537. The molecular formula is C20H20FN3O3. The molecule has 7 heteroatoms. The molecule has 2 aromatic carbocycles. The average Bonchev–Trinajstić information content (AvgIpc) is 3.04. The van der Waals surface area contributed by atoms with Crippen LogP contribution < -0.4 is 15.8 Å². The number of benzene rings is 2. The van der Waals surface area contributed by atoms with E-state index in [9.17, 15) is 18.8 Å². The third-order valence-corrected chi connectivity index (χ3v) is 4.44. The Kier molecular flexibility index (Phi) is 5.49. The van der Waals surface area contributed by atoms with Crippen molar-refractivity contribution in [3.8, 4) is 0 Å². The molecule has 0 bridgehead atoms. The molecule has 1 aliphatic rings. The highest BCUT2D eigenvalue weighted by molar-refractivity contribution is 6.00. The summed E-state index contributed by atoms with van der Waals surface area (Å²) in [5.41, 5.74) is 7.17. The number of aryl methyl sites for hydroxylation is 1. The first kappa shape index (κ1) is 18.6. The number of nitrogens with one attached hydrogen (secondary N) is 2. The molecule has 1 heterocycles. The van der Waals surface area contributed by atoms with Crippen LogP contribution in [0.2, 0.25) is 0 Å². The molecule has 0 aliphatic carbocycles. The molecule has 1 atom stereocenters. The van der Waals surface area contributed by atoms with Crippen LogP contribution in [0.15, 0.2) is 48.5 Å². The van der Waals surface area contributed by atoms with Crippen molar-refractivity contribution < 1.29 is 18.8 Å². The fourth-order valence-electron chi connectivity index (χ4n) is 2.92. The van der Waals surface area contributed by atoms with E-state index in [0.717, 1.165) is 11.3 Å². The van der Waals surface area contributed by atoms with Crippen LogP contribution in [0.4, 0.5) is 10.1 Å². The minimum Gasteiger partial charge on any atom is -0.312 e. The summed E-state index contributed by atoms with van der Waals surface area (Å²) in [5.74, 6) is -1.88. The molecule has 140 valence electrons. The Hall–Kier alpha value is -3.22. The second-order valence-corrected chi connectivity index (χ2v) is 6.58. The summed E-state index contributed by atoms with van der Waals surface area (Å²) in [4.78, 5) is 38.0. The van der Waals surface area contributed by atoms with Crippen LogP contribution in [-0.2, 0) is 20.8 Å². The molecular weight excluding hydrogens is 349 g/mol. The molecule has 1 fully saturated rings. The fourth-order valence-corrected chi connectivity index (χ4v) is 2.92. The van der Waals surface area contributed by atoms with E-state index in [4.69, 9.17) is 0 Å². The maximum Gasteiger partial charge on any atom is 0.243 e. The van der Waals surface area contributed by atoms with E-state index in [1.807, 2.05) is 31.2 Å². The molecule has 2 N–H and O–H groups in total. The maximum absolute atomic E-state index is 12.9. The van der Waals surface area contributed by atoms with E-state index in [2.05, 4.69) is 10.9 Å². The molecule has 2 aromatic rings. The van der Waals surface area contributed by atoms with Crippen LogP contribution in [0.5, 0.6) is 0 Å². The lowest BCUT2D eigenvalue weighted by molar-refractivity contribution is -0.131. The Bertz CT molecular complexity index is 850. The van der Waals surface area contributed by atoms with E-state index in [-0.39, 0.29) is 31.1 Å². The molecule has 6 nitrogen and oxygen atoms in total. The van der Waals surface area contributed by atoms with Gasteiger partial charge in [-0.15, -0.1) is 0 Å². The van der Waals surface area contributed by atoms with Crippen LogP contribution in [-0.4, -0.2) is 24.3 Å². The van der Waals surface area contributed by atoms with Gasteiger partial charge in [-0.05, 0) is 36.8 Å². The van der Waals surface area contributed by atoms with Crippen molar-refractivity contribution in [3.63, 3.8) is 0 Å². The van der Waals surface area contributed by atoms with E-state index < -0.39 is 17.7 Å². The lowest BCUT2D eigenvalue weighted by Gasteiger charge is -2.17. The van der Waals surface area contributed by atoms with Gasteiger partial charge < -0.3 is 4.90 Å². The van der Waals surface area contributed by atoms with Crippen LogP contribution in [0.25, 0.3) is 0 Å². The van der Waals surface area contributed by atoms with Crippen LogP contribution in [0, 0.1) is 18.7 Å². The summed E-state index contributed by atoms with van der Waals surface area (Å²) < 4.78 is 12.9. The summed E-state index contributed by atoms with van der Waals surface area (Å²) in [7, 11) is 0. The van der Waals surface area contributed by atoms with Crippen molar-refractivity contribution >= 4 is 23.4 Å². The highest BCUT2D eigenvalue weighted by atomic mass is 19.1. The van der Waals surface area contributed by atoms with Crippen molar-refractivity contribution in [2.75, 3.05) is 11.4 Å². The molecule has 0 saturated carbocycles. The van der Waals surface area contributed by atoms with Gasteiger partial charge in [-0.1, -0.05) is 29.8 Å². The Morgan fingerprint density at radius 1 is 1.07 bits per heavy atom. The van der Waals surface area contributed by atoms with Crippen LogP contribution in [0.1, 0.15) is 17.5 Å². The summed E-state index contributed by atoms with van der Waals surface area (Å²) in [6.07, 6.45) is 0.104. The topological polar surface area (TPSA) is 78.5 Å². The summed E-state index contributed by atoms with van der Waals surface area (Å²) in [6, 6.07) is 13.1. The zero-order valence-electron chi connectivity index (χ0n) is 14.9. The van der Waals surface area contributed by atoms with Gasteiger partial charge in [0.1, 0.15) is 5.82 Å². The first-order valence-corrected chi connectivity index (χ1v) is 8.62. The number of carbonyl (C=O) groups is 3. The lowest BCUT2D eigenvalue weighted by atomic mass is 10.1. The fraction of sp³-hybridized carbons (Fsp3) is 0.250. The van der Waals surface area contributed by atoms with Gasteiger partial charge in [0, 0.05) is 18.7 Å². The monoisotopic (exact) mass is 369 g/mol. The largest absolute Gasteiger partial charge is 0.312 e. The lowest BCUT2D eigenvalue weighted by Crippen LogP contribution is -2.45. The van der Waals surface area contributed by atoms with E-state index in [1.54, 1.807) is 4.90 Å². The first-order chi connectivity index (χ1) is 12.9. The Morgan fingerprint density at radius 2 is 1.74 bits per heavy atom. The Labute approximate surface area is 156 Å². The van der Waals surface area contributed by atoms with Crippen molar-refractivity contribution in [2.45, 2.75) is 19.8 Å². The number of hydrogen-bond donors (Lipinski definition) is 2. The zero-order chi connectivity index (χ0) is 19.4. The quantitative estimate of drug-likeness (QED) is 0.808. The van der Waals surface area contributed by atoms with Gasteiger partial charge in [-0.2, -0.15) is 0 Å². The number of nitrogens with zero attached hydrogens (tertiary/aromatic N) is 1. The van der Waals surface area contributed by atoms with Crippen molar-refractivity contribution in [1.82, 2.24) is 10.9 Å². The van der Waals surface area contributed by atoms with Crippen molar-refractivity contribution in [1.29, 1.82) is 0 Å². The number of carbonyl (C=O) groups excluding carboxylic acids is 3. The number of anilines is 1. The average molecular weight is 369 g/mol. The van der Waals surface area contributed by atoms with Gasteiger partial charge in [0.15, 0.2) is 0 Å². The number of hydrazine groups is 1. The number of amides is 3. The molecule has 27 heavy (non-hydrogen) atoms. The second-order valence-electron chi connectivity index (χ2n) is 6.58. The normalized spacial score (nSPS) is 16.3. The Balaban J connectivity index is 1.51. The van der Waals surface area contributed by atoms with Gasteiger partial charge in [0.05, 0.1) is 12.3 Å². The van der Waals surface area contributed by atoms with Crippen LogP contribution in [0.3, 0.4) is 0 Å². The highest BCUT2D eigenvalue weighted by Crippen LogP contribution is 2.25. The molecule has 1 saturated heterocycles. The maximum atomic E-state index is 12.9. The summed E-state index contributed by atoms with van der Waals surface area (Å²) >= 11 is 0. The number of hydrogen-bond acceptors (Lipinski definition) is 3. The Morgan fingerprint density at radius 3 is 2.41 bits per heavy atom. The predicted molar refractivity (Wildman–Crippen MR) is 98.0 cm³/mol. The third kappa shape index (κ3) is 4.69. The zero-order valence-corrected chi connectivity index (χ0v) is 14.9. The van der Waals surface area contributed by atoms with E-state index in [1.165, 1.54) is 24.3 Å². The molecule has 1 aliphatic heterocycles. The standard InChI is InChI=1S/C20H20FN3O3/c1-13-2-8-17(9-3-13)24-12-15(11-19(24)26)20(27)23-22-18(25)10-14-4-6-16(21)7-5-14/h2-9,15H,10-12H2,1H3,(H,22,25)(H,23,27)/t15-/m1/s1. The van der Waals surface area contributed by atoms with Crippen molar-refractivity contribution in [3.05, 3.63) is 65.5 Å². The van der Waals surface area contributed by atoms with Gasteiger partial charge in [-0.3, -0.25) is 25.2 Å². The van der Waals surface area contributed by atoms with E-state index >= 15 is 0 Å². The number of halogens is 1. The van der Waals surface area contributed by atoms with E-state index in [0.29, 0.717) is 5.56 Å². The summed E-state index contributed by atoms with van der Waals surface area (Å²) in [5, 5.41) is 0. The van der Waals surface area contributed by atoms with Crippen LogP contribution >= 0.6 is 0 Å². The van der Waals surface area contributed by atoms with Gasteiger partial charge in [0.25, 0.3) is 0 Å². The molecule has 0 unspecified atom stereocenters. The summed E-state index contributed by atoms with van der Waals surface area (Å²) in [6.45, 7) is 2.22. The third-order valence-electron chi connectivity index (χ3n) is 4.44. The highest BCUT2D eigenvalue weighted by Gasteiger charge is 2.35. The molecule has 0 aromatic heterocycles. The van der Waals surface area contributed by atoms with Crippen molar-refractivity contribution in [2.24, 2.45) is 5.92 Å². The molecule has 3 rings (SSSR count). The van der Waals surface area contributed by atoms with Gasteiger partial charge in [-0.25, -0.2) is 4.39 Å².